The molecular weight excluding hydrogens is 456 g/mol. The van der Waals surface area contributed by atoms with Crippen LogP contribution in [-0.4, -0.2) is 31.1 Å². The lowest BCUT2D eigenvalue weighted by molar-refractivity contribution is -0.139. The van der Waals surface area contributed by atoms with Gasteiger partial charge in [0.15, 0.2) is 0 Å². The Bertz CT molecular complexity index is 1420. The highest BCUT2D eigenvalue weighted by molar-refractivity contribution is 6.06. The summed E-state index contributed by atoms with van der Waals surface area (Å²) < 4.78 is 10.1. The Hall–Kier alpha value is -4.90. The summed E-state index contributed by atoms with van der Waals surface area (Å²) in [6.07, 6.45) is 1.73. The van der Waals surface area contributed by atoms with Gasteiger partial charge in [0.25, 0.3) is 0 Å². The normalized spacial score (nSPS) is 15.4. The molecule has 36 heavy (non-hydrogen) atoms. The highest BCUT2D eigenvalue weighted by Gasteiger charge is 2.42. The zero-order valence-corrected chi connectivity index (χ0v) is 20.1. The number of pyridine rings is 1. The maximum absolute atomic E-state index is 13.1. The smallest absolute Gasteiger partial charge is 0.355 e. The molecule has 1 unspecified atom stereocenters. The Balaban J connectivity index is 1.94. The molecular formula is C28H24N4O4. The molecule has 2 N–H and O–H groups in total. The van der Waals surface area contributed by atoms with Gasteiger partial charge in [-0.2, -0.15) is 5.26 Å². The number of nitriles is 1. The van der Waals surface area contributed by atoms with Crippen LogP contribution in [0.25, 0.3) is 11.3 Å². The minimum Gasteiger partial charge on any atom is -0.466 e. The second kappa shape index (κ2) is 10.2. The molecule has 0 bridgehead atoms. The van der Waals surface area contributed by atoms with Gasteiger partial charge in [-0.1, -0.05) is 42.5 Å². The summed E-state index contributed by atoms with van der Waals surface area (Å²) in [5, 5.41) is 10.1. The van der Waals surface area contributed by atoms with Gasteiger partial charge in [0, 0.05) is 17.4 Å². The maximum Gasteiger partial charge on any atom is 0.355 e. The fourth-order valence-corrected chi connectivity index (χ4v) is 4.26. The number of nitrogens with zero attached hydrogens (tertiary/aromatic N) is 3. The van der Waals surface area contributed by atoms with Gasteiger partial charge < -0.3 is 15.2 Å². The van der Waals surface area contributed by atoms with E-state index in [9.17, 15) is 14.9 Å². The highest BCUT2D eigenvalue weighted by atomic mass is 16.5. The topological polar surface area (TPSA) is 119 Å². The number of methoxy groups -OCH3 is 2. The van der Waals surface area contributed by atoms with Gasteiger partial charge in [0.2, 0.25) is 0 Å². The van der Waals surface area contributed by atoms with Gasteiger partial charge in [-0.3, -0.25) is 9.88 Å². The summed E-state index contributed by atoms with van der Waals surface area (Å²) in [7, 11) is 2.43. The van der Waals surface area contributed by atoms with Crippen LogP contribution in [0, 0.1) is 18.3 Å². The molecule has 2 heterocycles. The predicted molar refractivity (Wildman–Crippen MR) is 134 cm³/mol. The van der Waals surface area contributed by atoms with Crippen LogP contribution in [0.3, 0.4) is 0 Å². The first-order chi connectivity index (χ1) is 17.4. The van der Waals surface area contributed by atoms with E-state index in [2.05, 4.69) is 11.1 Å². The summed E-state index contributed by atoms with van der Waals surface area (Å²) in [5.41, 5.74) is 10.3. The number of nitrogens with two attached hydrogens (primary N) is 1. The number of benzene rings is 2. The number of anilines is 1. The molecule has 4 rings (SSSR count). The fourth-order valence-electron chi connectivity index (χ4n) is 4.26. The third kappa shape index (κ3) is 4.30. The molecule has 1 atom stereocenters. The lowest BCUT2D eigenvalue weighted by atomic mass is 9.81. The van der Waals surface area contributed by atoms with Crippen molar-refractivity contribution in [1.82, 2.24) is 4.98 Å². The molecule has 0 spiro atoms. The summed E-state index contributed by atoms with van der Waals surface area (Å²) in [6, 6.07) is 22.0. The van der Waals surface area contributed by atoms with Crippen molar-refractivity contribution in [2.75, 3.05) is 19.1 Å². The summed E-state index contributed by atoms with van der Waals surface area (Å²) in [6.45, 7) is 1.98. The molecule has 8 nitrogen and oxygen atoms in total. The Morgan fingerprint density at radius 1 is 1.00 bits per heavy atom. The average molecular weight is 481 g/mol. The molecule has 1 aromatic heterocycles. The van der Waals surface area contributed by atoms with E-state index in [1.54, 1.807) is 42.6 Å². The average Bonchev–Trinajstić information content (AvgIpc) is 2.92. The number of aromatic nitrogens is 1. The van der Waals surface area contributed by atoms with Gasteiger partial charge in [-0.05, 0) is 42.3 Å². The van der Waals surface area contributed by atoms with E-state index in [1.165, 1.54) is 19.1 Å². The molecule has 0 amide bonds. The first kappa shape index (κ1) is 24.2. The molecule has 0 fully saturated rings. The zero-order valence-electron chi connectivity index (χ0n) is 20.1. The molecule has 1 aliphatic heterocycles. The number of esters is 2. The van der Waals surface area contributed by atoms with Crippen molar-refractivity contribution in [3.63, 3.8) is 0 Å². The SMILES string of the molecule is COC(=O)C1=C(C(=O)OC)N(c2ccc(-c3cc(C)ccn3)cc2)C(N)=C(C#N)C1c1ccccc1. The standard InChI is InChI=1S/C28H24N4O4/c1-17-13-14-31-22(15-17)18-9-11-20(12-10-18)32-25(28(34)36-3)24(27(33)35-2)23(21(16-29)26(32)30)19-7-5-4-6-8-19/h4-15,23H,30H2,1-3H3. The van der Waals surface area contributed by atoms with Crippen molar-refractivity contribution in [1.29, 1.82) is 5.26 Å². The monoisotopic (exact) mass is 480 g/mol. The first-order valence-electron chi connectivity index (χ1n) is 11.1. The Morgan fingerprint density at radius 3 is 2.25 bits per heavy atom. The van der Waals surface area contributed by atoms with E-state index in [0.29, 0.717) is 11.3 Å². The number of hydrogen-bond donors (Lipinski definition) is 1. The Kier molecular flexibility index (Phi) is 6.84. The van der Waals surface area contributed by atoms with Crippen molar-refractivity contribution in [2.45, 2.75) is 12.8 Å². The second-order valence-corrected chi connectivity index (χ2v) is 8.10. The first-order valence-corrected chi connectivity index (χ1v) is 11.1. The Labute approximate surface area is 208 Å². The second-order valence-electron chi connectivity index (χ2n) is 8.10. The van der Waals surface area contributed by atoms with Gasteiger partial charge >= 0.3 is 11.9 Å². The number of allylic oxidation sites excluding steroid dienone is 1. The molecule has 0 saturated carbocycles. The fraction of sp³-hybridized carbons (Fsp3) is 0.143. The van der Waals surface area contributed by atoms with Crippen molar-refractivity contribution < 1.29 is 19.1 Å². The van der Waals surface area contributed by atoms with E-state index in [-0.39, 0.29) is 22.7 Å². The lowest BCUT2D eigenvalue weighted by Gasteiger charge is -2.35. The van der Waals surface area contributed by atoms with E-state index in [1.807, 2.05) is 37.3 Å². The minimum absolute atomic E-state index is 0.0147. The van der Waals surface area contributed by atoms with Gasteiger partial charge in [-0.25, -0.2) is 9.59 Å². The van der Waals surface area contributed by atoms with Crippen molar-refractivity contribution in [3.8, 4) is 17.3 Å². The van der Waals surface area contributed by atoms with Crippen LogP contribution in [0.4, 0.5) is 5.69 Å². The van der Waals surface area contributed by atoms with Crippen LogP contribution >= 0.6 is 0 Å². The number of hydrogen-bond acceptors (Lipinski definition) is 8. The predicted octanol–water partition coefficient (Wildman–Crippen LogP) is 3.95. The maximum atomic E-state index is 13.1. The number of aryl methyl sites for hydroxylation is 1. The molecule has 1 aliphatic rings. The van der Waals surface area contributed by atoms with Crippen LogP contribution in [-0.2, 0) is 19.1 Å². The molecule has 0 radical (unpaired) electrons. The van der Waals surface area contributed by atoms with Gasteiger partial charge in [0.1, 0.15) is 11.5 Å². The number of rotatable bonds is 5. The molecule has 0 aliphatic carbocycles. The third-order valence-corrected chi connectivity index (χ3v) is 5.95. The quantitative estimate of drug-likeness (QED) is 0.545. The van der Waals surface area contributed by atoms with E-state index in [4.69, 9.17) is 15.2 Å². The van der Waals surface area contributed by atoms with Gasteiger partial charge in [0.05, 0.1) is 43.0 Å². The van der Waals surface area contributed by atoms with Gasteiger partial charge in [-0.15, -0.1) is 0 Å². The van der Waals surface area contributed by atoms with E-state index in [0.717, 1.165) is 16.8 Å². The summed E-state index contributed by atoms with van der Waals surface area (Å²) in [4.78, 5) is 32.0. The summed E-state index contributed by atoms with van der Waals surface area (Å²) in [5.74, 6) is -2.46. The zero-order chi connectivity index (χ0) is 25.8. The van der Waals surface area contributed by atoms with E-state index >= 15 is 0 Å². The molecule has 3 aromatic rings. The molecule has 2 aromatic carbocycles. The number of carbonyl (C=O) groups is 2. The van der Waals surface area contributed by atoms with Crippen molar-refractivity contribution in [2.24, 2.45) is 5.73 Å². The Morgan fingerprint density at radius 2 is 1.67 bits per heavy atom. The van der Waals surface area contributed by atoms with Crippen LogP contribution < -0.4 is 10.6 Å². The molecule has 180 valence electrons. The molecule has 8 heteroatoms. The van der Waals surface area contributed by atoms with E-state index < -0.39 is 17.9 Å². The third-order valence-electron chi connectivity index (χ3n) is 5.95. The van der Waals surface area contributed by atoms with Crippen LogP contribution in [0.1, 0.15) is 17.0 Å². The number of carbonyl (C=O) groups excluding carboxylic acids is 2. The van der Waals surface area contributed by atoms with Crippen molar-refractivity contribution in [3.05, 3.63) is 107 Å². The number of ether oxygens (including phenoxy) is 2. The minimum atomic E-state index is -0.912. The largest absolute Gasteiger partial charge is 0.466 e. The summed E-state index contributed by atoms with van der Waals surface area (Å²) >= 11 is 0. The van der Waals surface area contributed by atoms with Crippen LogP contribution in [0.5, 0.6) is 0 Å². The van der Waals surface area contributed by atoms with Crippen LogP contribution in [0.2, 0.25) is 0 Å². The van der Waals surface area contributed by atoms with Crippen molar-refractivity contribution >= 4 is 17.6 Å². The van der Waals surface area contributed by atoms with Crippen LogP contribution in [0.15, 0.2) is 95.6 Å². The highest BCUT2D eigenvalue weighted by Crippen LogP contribution is 2.43. The lowest BCUT2D eigenvalue weighted by Crippen LogP contribution is -2.40. The molecule has 0 saturated heterocycles.